The average Bonchev–Trinajstić information content (AvgIpc) is 3.09. The van der Waals surface area contributed by atoms with Crippen LogP contribution in [0.2, 0.25) is 5.02 Å². The van der Waals surface area contributed by atoms with Crippen LogP contribution in [-0.2, 0) is 10.4 Å². The molecule has 5 rings (SSSR count). The Bertz CT molecular complexity index is 1430. The fraction of sp³-hybridized carbons (Fsp3) is 0.321. The van der Waals surface area contributed by atoms with Crippen LogP contribution < -0.4 is 10.2 Å². The van der Waals surface area contributed by atoms with Gasteiger partial charge in [0, 0.05) is 29.9 Å². The van der Waals surface area contributed by atoms with Crippen molar-refractivity contribution in [1.82, 2.24) is 10.3 Å². The molecule has 0 saturated heterocycles. The molecule has 1 fully saturated rings. The minimum absolute atomic E-state index is 0.000138. The smallest absolute Gasteiger partial charge is 0.268 e. The Morgan fingerprint density at radius 3 is 2.61 bits per heavy atom. The van der Waals surface area contributed by atoms with E-state index in [1.54, 1.807) is 13.0 Å². The van der Waals surface area contributed by atoms with Gasteiger partial charge in [-0.25, -0.2) is 13.2 Å². The van der Waals surface area contributed by atoms with Gasteiger partial charge in [0.25, 0.3) is 11.8 Å². The lowest BCUT2D eigenvalue weighted by Gasteiger charge is -2.32. The third-order valence-electron chi connectivity index (χ3n) is 7.46. The van der Waals surface area contributed by atoms with Gasteiger partial charge in [0.05, 0.1) is 22.0 Å². The predicted octanol–water partition coefficient (Wildman–Crippen LogP) is 5.03. The van der Waals surface area contributed by atoms with Gasteiger partial charge in [-0.15, -0.1) is 0 Å². The molecule has 1 atom stereocenters. The lowest BCUT2D eigenvalue weighted by atomic mass is 9.85. The molecule has 1 unspecified atom stereocenters. The quantitative estimate of drug-likeness (QED) is 0.473. The first kappa shape index (κ1) is 26.2. The summed E-state index contributed by atoms with van der Waals surface area (Å²) in [6, 6.07) is 8.16. The van der Waals surface area contributed by atoms with Crippen LogP contribution in [0.4, 0.5) is 18.9 Å². The van der Waals surface area contributed by atoms with E-state index in [0.29, 0.717) is 42.0 Å². The molecule has 198 valence electrons. The van der Waals surface area contributed by atoms with Crippen LogP contribution in [0.25, 0.3) is 0 Å². The fourth-order valence-electron chi connectivity index (χ4n) is 5.43. The van der Waals surface area contributed by atoms with E-state index < -0.39 is 34.5 Å². The Morgan fingerprint density at radius 2 is 1.87 bits per heavy atom. The molecule has 2 aromatic carbocycles. The van der Waals surface area contributed by atoms with E-state index in [4.69, 9.17) is 11.6 Å². The Morgan fingerprint density at radius 1 is 1.13 bits per heavy atom. The van der Waals surface area contributed by atoms with Crippen molar-refractivity contribution in [3.05, 3.63) is 93.5 Å². The molecule has 1 aromatic heterocycles. The number of aryl methyl sites for hydroxylation is 1. The maximum Gasteiger partial charge on any atom is 0.268 e. The molecule has 2 heterocycles. The number of pyridine rings is 1. The maximum absolute atomic E-state index is 14.7. The zero-order valence-corrected chi connectivity index (χ0v) is 21.2. The number of rotatable bonds is 5. The molecule has 6 nitrogen and oxygen atoms in total. The number of carbonyl (C=O) groups excluding carboxylic acids is 2. The van der Waals surface area contributed by atoms with Gasteiger partial charge in [0.2, 0.25) is 0 Å². The van der Waals surface area contributed by atoms with Gasteiger partial charge in [-0.2, -0.15) is 0 Å². The minimum Gasteiger partial charge on any atom is -0.372 e. The summed E-state index contributed by atoms with van der Waals surface area (Å²) in [5.74, 6) is -4.29. The van der Waals surface area contributed by atoms with E-state index >= 15 is 0 Å². The van der Waals surface area contributed by atoms with Crippen LogP contribution in [0.15, 0.2) is 48.7 Å². The summed E-state index contributed by atoms with van der Waals surface area (Å²) in [5.41, 5.74) is -1.90. The number of halogens is 4. The standard InChI is InChI=1S/C28H25ClF3N3O3/c1-15-20(11-17(29)13-33-15)26(36)34-19-8-5-16(6-9-19)14-35-24-12-18(30)7-10-21(24)28(38,27(35)37)22-3-2-4-23(31)25(22)32/h2-4,7,10-13,16,19,38H,5-6,8-9,14H2,1H3,(H,34,36). The highest BCUT2D eigenvalue weighted by molar-refractivity contribution is 6.30. The van der Waals surface area contributed by atoms with Gasteiger partial charge in [-0.05, 0) is 62.8 Å². The van der Waals surface area contributed by atoms with Crippen molar-refractivity contribution >= 4 is 29.1 Å². The zero-order chi connectivity index (χ0) is 27.2. The second-order valence-electron chi connectivity index (χ2n) is 9.87. The Balaban J connectivity index is 1.32. The molecule has 0 bridgehead atoms. The molecule has 2 aliphatic rings. The van der Waals surface area contributed by atoms with E-state index in [-0.39, 0.29) is 35.7 Å². The van der Waals surface area contributed by atoms with Gasteiger partial charge in [0.1, 0.15) is 5.82 Å². The summed E-state index contributed by atoms with van der Waals surface area (Å²) >= 11 is 5.98. The van der Waals surface area contributed by atoms with E-state index in [1.165, 1.54) is 23.2 Å². The van der Waals surface area contributed by atoms with Crippen LogP contribution in [0.1, 0.15) is 52.9 Å². The highest BCUT2D eigenvalue weighted by Gasteiger charge is 2.53. The monoisotopic (exact) mass is 543 g/mol. The molecule has 10 heteroatoms. The summed E-state index contributed by atoms with van der Waals surface area (Å²) in [5, 5.41) is 14.9. The number of hydrogen-bond acceptors (Lipinski definition) is 4. The molecule has 38 heavy (non-hydrogen) atoms. The Kier molecular flexibility index (Phi) is 6.92. The van der Waals surface area contributed by atoms with E-state index in [1.807, 2.05) is 0 Å². The first-order valence-electron chi connectivity index (χ1n) is 12.3. The summed E-state index contributed by atoms with van der Waals surface area (Å²) < 4.78 is 42.9. The van der Waals surface area contributed by atoms with Gasteiger partial charge in [-0.1, -0.05) is 29.8 Å². The number of anilines is 1. The number of nitrogens with zero attached hydrogens (tertiary/aromatic N) is 2. The van der Waals surface area contributed by atoms with Crippen molar-refractivity contribution in [2.24, 2.45) is 5.92 Å². The van der Waals surface area contributed by atoms with Crippen molar-refractivity contribution in [3.63, 3.8) is 0 Å². The molecule has 1 saturated carbocycles. The number of hydrogen-bond donors (Lipinski definition) is 2. The fourth-order valence-corrected chi connectivity index (χ4v) is 5.58. The number of aromatic nitrogens is 1. The maximum atomic E-state index is 14.7. The highest BCUT2D eigenvalue weighted by atomic mass is 35.5. The molecule has 1 aliphatic heterocycles. The SMILES string of the molecule is Cc1ncc(Cl)cc1C(=O)NC1CCC(CN2C(=O)C(O)(c3cccc(F)c3F)c3ccc(F)cc32)CC1. The van der Waals surface area contributed by atoms with Crippen LogP contribution in [0.3, 0.4) is 0 Å². The van der Waals surface area contributed by atoms with Crippen LogP contribution in [-0.4, -0.2) is 34.5 Å². The second kappa shape index (κ2) is 10.0. The van der Waals surface area contributed by atoms with Gasteiger partial charge in [-0.3, -0.25) is 14.6 Å². The van der Waals surface area contributed by atoms with Crippen LogP contribution in [0.5, 0.6) is 0 Å². The number of nitrogens with one attached hydrogen (secondary N) is 1. The van der Waals surface area contributed by atoms with Crippen LogP contribution >= 0.6 is 11.6 Å². The number of fused-ring (bicyclic) bond motifs is 1. The molecule has 2 amide bonds. The van der Waals surface area contributed by atoms with Gasteiger partial charge in [0.15, 0.2) is 17.2 Å². The van der Waals surface area contributed by atoms with Gasteiger partial charge >= 0.3 is 0 Å². The van der Waals surface area contributed by atoms with Crippen molar-refractivity contribution in [1.29, 1.82) is 0 Å². The van der Waals surface area contributed by atoms with Crippen molar-refractivity contribution in [2.75, 3.05) is 11.4 Å². The second-order valence-corrected chi connectivity index (χ2v) is 10.3. The van der Waals surface area contributed by atoms with Crippen molar-refractivity contribution in [3.8, 4) is 0 Å². The lowest BCUT2D eigenvalue weighted by molar-refractivity contribution is -0.132. The van der Waals surface area contributed by atoms with E-state index in [2.05, 4.69) is 10.3 Å². The van der Waals surface area contributed by atoms with Crippen molar-refractivity contribution in [2.45, 2.75) is 44.2 Å². The molecule has 3 aromatic rings. The first-order valence-corrected chi connectivity index (χ1v) is 12.7. The zero-order valence-electron chi connectivity index (χ0n) is 20.5. The molecular formula is C28H25ClF3N3O3. The Hall–Kier alpha value is -3.43. The summed E-state index contributed by atoms with van der Waals surface area (Å²) in [4.78, 5) is 31.7. The normalized spacial score (nSPS) is 22.9. The number of carbonyl (C=O) groups is 2. The molecule has 0 spiro atoms. The largest absolute Gasteiger partial charge is 0.372 e. The first-order chi connectivity index (χ1) is 18.1. The molecule has 1 aliphatic carbocycles. The molecule has 0 radical (unpaired) electrons. The van der Waals surface area contributed by atoms with E-state index in [9.17, 15) is 27.9 Å². The molecule has 2 N–H and O–H groups in total. The van der Waals surface area contributed by atoms with Gasteiger partial charge < -0.3 is 15.3 Å². The summed E-state index contributed by atoms with van der Waals surface area (Å²) in [6.45, 7) is 1.89. The number of amides is 2. The van der Waals surface area contributed by atoms with Crippen molar-refractivity contribution < 1.29 is 27.9 Å². The number of benzene rings is 2. The third kappa shape index (κ3) is 4.54. The highest BCUT2D eigenvalue weighted by Crippen LogP contribution is 2.46. The predicted molar refractivity (Wildman–Crippen MR) is 135 cm³/mol. The number of aliphatic hydroxyl groups is 1. The lowest BCUT2D eigenvalue weighted by Crippen LogP contribution is -2.45. The van der Waals surface area contributed by atoms with Crippen LogP contribution in [0, 0.1) is 30.3 Å². The Labute approximate surface area is 222 Å². The van der Waals surface area contributed by atoms with E-state index in [0.717, 1.165) is 24.3 Å². The summed E-state index contributed by atoms with van der Waals surface area (Å²) in [7, 11) is 0. The minimum atomic E-state index is -2.48. The summed E-state index contributed by atoms with van der Waals surface area (Å²) in [6.07, 6.45) is 4.07. The average molecular weight is 544 g/mol. The molecular weight excluding hydrogens is 519 g/mol. The topological polar surface area (TPSA) is 82.5 Å². The third-order valence-corrected chi connectivity index (χ3v) is 7.66.